The molecule has 2 aromatic rings. The van der Waals surface area contributed by atoms with E-state index in [0.717, 1.165) is 18.2 Å². The highest BCUT2D eigenvalue weighted by Crippen LogP contribution is 2.19. The van der Waals surface area contributed by atoms with Crippen LogP contribution in [0.15, 0.2) is 30.3 Å². The molecule has 0 saturated carbocycles. The van der Waals surface area contributed by atoms with Gasteiger partial charge in [0.15, 0.2) is 0 Å². The highest BCUT2D eigenvalue weighted by atomic mass is 15.3. The topological polar surface area (TPSA) is 34.0 Å². The van der Waals surface area contributed by atoms with Crippen molar-refractivity contribution in [1.29, 1.82) is 0 Å². The fourth-order valence-corrected chi connectivity index (χ4v) is 3.63. The summed E-state index contributed by atoms with van der Waals surface area (Å²) in [5.41, 5.74) is 1.45. The molecule has 0 radical (unpaired) electrons. The first-order chi connectivity index (χ1) is 11.2. The Morgan fingerprint density at radius 3 is 2.74 bits per heavy atom. The summed E-state index contributed by atoms with van der Waals surface area (Å²) in [7, 11) is 0. The minimum atomic E-state index is 0.709. The van der Waals surface area contributed by atoms with Gasteiger partial charge < -0.3 is 4.90 Å². The molecule has 1 atom stereocenters. The van der Waals surface area contributed by atoms with E-state index in [2.05, 4.69) is 56.9 Å². The maximum absolute atomic E-state index is 4.52. The Morgan fingerprint density at radius 1 is 1.17 bits per heavy atom. The number of hydrogen-bond donors (Lipinski definition) is 0. The Balaban J connectivity index is 1.45. The number of aryl methyl sites for hydroxylation is 3. The van der Waals surface area contributed by atoms with Crippen LogP contribution in [0.2, 0.25) is 0 Å². The third kappa shape index (κ3) is 4.64. The fourth-order valence-electron chi connectivity index (χ4n) is 3.63. The molecule has 0 amide bonds. The summed E-state index contributed by atoms with van der Waals surface area (Å²) >= 11 is 0. The van der Waals surface area contributed by atoms with E-state index < -0.39 is 0 Å². The molecule has 0 aliphatic carbocycles. The Labute approximate surface area is 139 Å². The first-order valence-electron chi connectivity index (χ1n) is 8.85. The zero-order valence-corrected chi connectivity index (χ0v) is 14.4. The van der Waals surface area contributed by atoms with Gasteiger partial charge in [0, 0.05) is 13.1 Å². The number of likely N-dealkylation sites (tertiary alicyclic amines) is 1. The van der Waals surface area contributed by atoms with Gasteiger partial charge in [0.05, 0.1) is 0 Å². The van der Waals surface area contributed by atoms with Gasteiger partial charge >= 0.3 is 0 Å². The maximum Gasteiger partial charge on any atom is 0.147 e. The summed E-state index contributed by atoms with van der Waals surface area (Å²) in [6.07, 6.45) is 5.05. The molecule has 1 aliphatic rings. The highest BCUT2D eigenvalue weighted by molar-refractivity contribution is 5.14. The van der Waals surface area contributed by atoms with Crippen LogP contribution in [0.3, 0.4) is 0 Å². The summed E-state index contributed by atoms with van der Waals surface area (Å²) in [6.45, 7) is 8.71. The smallest absolute Gasteiger partial charge is 0.147 e. The van der Waals surface area contributed by atoms with Crippen LogP contribution in [0.5, 0.6) is 0 Å². The van der Waals surface area contributed by atoms with Crippen LogP contribution in [-0.2, 0) is 13.0 Å². The van der Waals surface area contributed by atoms with Crippen molar-refractivity contribution in [3.8, 4) is 0 Å². The Hall–Kier alpha value is -1.68. The van der Waals surface area contributed by atoms with Gasteiger partial charge in [-0.15, -0.1) is 0 Å². The van der Waals surface area contributed by atoms with Crippen LogP contribution in [0, 0.1) is 19.8 Å². The summed E-state index contributed by atoms with van der Waals surface area (Å²) in [5.74, 6) is 2.64. The first-order valence-corrected chi connectivity index (χ1v) is 8.85. The molecule has 23 heavy (non-hydrogen) atoms. The highest BCUT2D eigenvalue weighted by Gasteiger charge is 2.21. The summed E-state index contributed by atoms with van der Waals surface area (Å²) in [6, 6.07) is 10.8. The molecule has 4 heteroatoms. The standard InChI is InChI=1S/C19H28N4/c1-16-20-17(2)23(21-16)15-19-11-7-13-22(14-19)12-6-10-18-8-4-3-5-9-18/h3-5,8-9,19H,6-7,10-15H2,1-2H3. The quantitative estimate of drug-likeness (QED) is 0.821. The monoisotopic (exact) mass is 312 g/mol. The molecule has 0 N–H and O–H groups in total. The Bertz CT molecular complexity index is 605. The fraction of sp³-hybridized carbons (Fsp3) is 0.579. The molecule has 4 nitrogen and oxygen atoms in total. The van der Waals surface area contributed by atoms with Gasteiger partial charge in [-0.1, -0.05) is 30.3 Å². The summed E-state index contributed by atoms with van der Waals surface area (Å²) in [4.78, 5) is 7.05. The number of benzene rings is 1. The number of aromatic nitrogens is 3. The molecular weight excluding hydrogens is 284 g/mol. The van der Waals surface area contributed by atoms with Crippen molar-refractivity contribution in [2.24, 2.45) is 5.92 Å². The Morgan fingerprint density at radius 2 is 2.00 bits per heavy atom. The van der Waals surface area contributed by atoms with E-state index in [1.165, 1.54) is 50.9 Å². The number of nitrogens with zero attached hydrogens (tertiary/aromatic N) is 4. The van der Waals surface area contributed by atoms with Gasteiger partial charge in [0.2, 0.25) is 0 Å². The lowest BCUT2D eigenvalue weighted by Crippen LogP contribution is -2.38. The minimum absolute atomic E-state index is 0.709. The normalized spacial score (nSPS) is 19.1. The summed E-state index contributed by atoms with van der Waals surface area (Å²) in [5, 5.41) is 4.52. The van der Waals surface area contributed by atoms with Crippen LogP contribution in [0.4, 0.5) is 0 Å². The van der Waals surface area contributed by atoms with Crippen molar-refractivity contribution in [3.63, 3.8) is 0 Å². The second-order valence-electron chi connectivity index (χ2n) is 6.79. The molecule has 2 heterocycles. The van der Waals surface area contributed by atoms with Crippen molar-refractivity contribution >= 4 is 0 Å². The zero-order valence-electron chi connectivity index (χ0n) is 14.4. The van der Waals surface area contributed by atoms with Gasteiger partial charge in [-0.2, -0.15) is 5.10 Å². The lowest BCUT2D eigenvalue weighted by atomic mass is 9.97. The number of rotatable bonds is 6. The molecule has 0 spiro atoms. The van der Waals surface area contributed by atoms with E-state index >= 15 is 0 Å². The van der Waals surface area contributed by atoms with Gasteiger partial charge in [-0.25, -0.2) is 9.67 Å². The van der Waals surface area contributed by atoms with Crippen molar-refractivity contribution < 1.29 is 0 Å². The average molecular weight is 312 g/mol. The molecule has 1 unspecified atom stereocenters. The number of piperidine rings is 1. The van der Waals surface area contributed by atoms with E-state index in [4.69, 9.17) is 0 Å². The number of hydrogen-bond acceptors (Lipinski definition) is 3. The van der Waals surface area contributed by atoms with Crippen LogP contribution < -0.4 is 0 Å². The van der Waals surface area contributed by atoms with Crippen molar-refractivity contribution in [2.75, 3.05) is 19.6 Å². The minimum Gasteiger partial charge on any atom is -0.303 e. The van der Waals surface area contributed by atoms with Crippen LogP contribution in [0.1, 0.15) is 36.5 Å². The van der Waals surface area contributed by atoms with E-state index in [-0.39, 0.29) is 0 Å². The van der Waals surface area contributed by atoms with Crippen LogP contribution >= 0.6 is 0 Å². The third-order valence-corrected chi connectivity index (χ3v) is 4.78. The van der Waals surface area contributed by atoms with Crippen LogP contribution in [-0.4, -0.2) is 39.3 Å². The van der Waals surface area contributed by atoms with Crippen LogP contribution in [0.25, 0.3) is 0 Å². The van der Waals surface area contributed by atoms with Crippen molar-refractivity contribution in [1.82, 2.24) is 19.7 Å². The van der Waals surface area contributed by atoms with E-state index in [0.29, 0.717) is 5.92 Å². The van der Waals surface area contributed by atoms with E-state index in [9.17, 15) is 0 Å². The van der Waals surface area contributed by atoms with Gasteiger partial charge in [-0.3, -0.25) is 0 Å². The maximum atomic E-state index is 4.52. The molecule has 1 aromatic heterocycles. The third-order valence-electron chi connectivity index (χ3n) is 4.78. The average Bonchev–Trinajstić information content (AvgIpc) is 2.86. The lowest BCUT2D eigenvalue weighted by Gasteiger charge is -2.32. The molecule has 1 saturated heterocycles. The SMILES string of the molecule is Cc1nc(C)n(CC2CCCN(CCCc3ccccc3)C2)n1. The van der Waals surface area contributed by atoms with Gasteiger partial charge in [0.1, 0.15) is 11.6 Å². The lowest BCUT2D eigenvalue weighted by molar-refractivity contribution is 0.158. The molecule has 124 valence electrons. The second-order valence-corrected chi connectivity index (χ2v) is 6.79. The molecule has 1 fully saturated rings. The van der Waals surface area contributed by atoms with Crippen molar-refractivity contribution in [2.45, 2.75) is 46.1 Å². The first kappa shape index (κ1) is 16.2. The molecular formula is C19H28N4. The molecule has 1 aromatic carbocycles. The largest absolute Gasteiger partial charge is 0.303 e. The molecule has 0 bridgehead atoms. The van der Waals surface area contributed by atoms with E-state index in [1.807, 2.05) is 6.92 Å². The Kier molecular flexibility index (Phi) is 5.44. The van der Waals surface area contributed by atoms with Crippen molar-refractivity contribution in [3.05, 3.63) is 47.5 Å². The van der Waals surface area contributed by atoms with Gasteiger partial charge in [-0.05, 0) is 64.1 Å². The zero-order chi connectivity index (χ0) is 16.1. The second kappa shape index (κ2) is 7.73. The van der Waals surface area contributed by atoms with Gasteiger partial charge in [0.25, 0.3) is 0 Å². The predicted octanol–water partition coefficient (Wildman–Crippen LogP) is 3.24. The molecule has 1 aliphatic heterocycles. The molecule has 3 rings (SSSR count). The summed E-state index contributed by atoms with van der Waals surface area (Å²) < 4.78 is 2.09. The van der Waals surface area contributed by atoms with E-state index in [1.54, 1.807) is 0 Å². The predicted molar refractivity (Wildman–Crippen MR) is 93.4 cm³/mol.